The van der Waals surface area contributed by atoms with Gasteiger partial charge < -0.3 is 25.6 Å². The Morgan fingerprint density at radius 2 is 1.01 bits per heavy atom. The average Bonchev–Trinajstić information content (AvgIpc) is 3.70. The van der Waals surface area contributed by atoms with Crippen LogP contribution in [-0.2, 0) is 49.3 Å². The summed E-state index contributed by atoms with van der Waals surface area (Å²) in [4.78, 5) is 50.0. The van der Waals surface area contributed by atoms with Gasteiger partial charge in [-0.05, 0) is 241 Å². The topological polar surface area (TPSA) is 158 Å². The molecule has 88 heavy (non-hydrogen) atoms. The maximum Gasteiger partial charge on any atom is 0.410 e. The fourth-order valence-corrected chi connectivity index (χ4v) is 11.5. The first-order chi connectivity index (χ1) is 41.7. The summed E-state index contributed by atoms with van der Waals surface area (Å²) in [5.74, 6) is 0.566. The molecule has 1 saturated carbocycles. The third-order valence-electron chi connectivity index (χ3n) is 15.0. The van der Waals surface area contributed by atoms with E-state index < -0.39 is 11.4 Å². The van der Waals surface area contributed by atoms with Crippen molar-refractivity contribution in [3.63, 3.8) is 0 Å². The molecule has 6 aromatic rings. The molecular formula is C66H81Cl4F4IN8O5. The van der Waals surface area contributed by atoms with E-state index in [0.29, 0.717) is 55.4 Å². The number of piperidine rings is 3. The molecule has 478 valence electrons. The molecule has 0 atom stereocenters. The highest BCUT2D eigenvalue weighted by Crippen LogP contribution is 2.28. The Balaban J connectivity index is 0.000000204. The number of aryl methyl sites for hydroxylation is 2. The van der Waals surface area contributed by atoms with Crippen molar-refractivity contribution in [1.82, 2.24) is 34.7 Å². The molecule has 4 aromatic carbocycles. The first-order valence-corrected chi connectivity index (χ1v) is 32.2. The van der Waals surface area contributed by atoms with Crippen LogP contribution in [0.5, 0.6) is 0 Å². The average molecular weight is 1410 g/mol. The number of hydrogen-bond acceptors (Lipinski definition) is 9. The number of anilines is 1. The van der Waals surface area contributed by atoms with Crippen molar-refractivity contribution in [2.24, 2.45) is 31.8 Å². The number of nitrogens with one attached hydrogen (secondary N) is 1. The number of allylic oxidation sites excluding steroid dienone is 1. The van der Waals surface area contributed by atoms with E-state index in [2.05, 4.69) is 44.7 Å². The van der Waals surface area contributed by atoms with E-state index in [-0.39, 0.29) is 67.1 Å². The number of benzene rings is 4. The number of aromatic nitrogens is 4. The summed E-state index contributed by atoms with van der Waals surface area (Å²) in [6.07, 6.45) is 15.5. The third-order valence-corrected chi connectivity index (χ3v) is 16.8. The molecule has 22 heteroatoms. The number of rotatable bonds is 8. The molecule has 3 aliphatic heterocycles. The fraction of sp³-hybridized carbons (Fsp3) is 0.455. The highest BCUT2D eigenvalue weighted by atomic mass is 127. The maximum atomic E-state index is 13.2. The van der Waals surface area contributed by atoms with E-state index in [9.17, 15) is 36.7 Å². The third kappa shape index (κ3) is 26.9. The molecule has 4 fully saturated rings. The lowest BCUT2D eigenvalue weighted by Gasteiger charge is -2.33. The molecule has 3 N–H and O–H groups in total. The van der Waals surface area contributed by atoms with Gasteiger partial charge in [0.1, 0.15) is 34.7 Å². The van der Waals surface area contributed by atoms with Gasteiger partial charge in [0.05, 0.1) is 32.2 Å². The van der Waals surface area contributed by atoms with Gasteiger partial charge in [0.15, 0.2) is 0 Å². The van der Waals surface area contributed by atoms with Crippen LogP contribution >= 0.6 is 69.0 Å². The van der Waals surface area contributed by atoms with Crippen molar-refractivity contribution < 1.29 is 31.9 Å². The number of nitrogens with zero attached hydrogens (tertiary/aromatic N) is 6. The van der Waals surface area contributed by atoms with E-state index in [4.69, 9.17) is 56.9 Å². The summed E-state index contributed by atoms with van der Waals surface area (Å²) in [7, 11) is 3.13. The van der Waals surface area contributed by atoms with Gasteiger partial charge in [0.25, 0.3) is 11.1 Å². The van der Waals surface area contributed by atoms with E-state index in [0.717, 1.165) is 78.3 Å². The second-order valence-electron chi connectivity index (χ2n) is 23.3. The monoisotopic (exact) mass is 1410 g/mol. The molecule has 4 aliphatic rings. The van der Waals surface area contributed by atoms with E-state index in [1.807, 2.05) is 31.7 Å². The lowest BCUT2D eigenvalue weighted by Crippen LogP contribution is -2.42. The predicted molar refractivity (Wildman–Crippen MR) is 354 cm³/mol. The predicted octanol–water partition coefficient (Wildman–Crippen LogP) is 15.2. The second kappa shape index (κ2) is 37.0. The molecule has 3 saturated heterocycles. The number of amides is 2. The summed E-state index contributed by atoms with van der Waals surface area (Å²) in [6, 6.07) is 25.3. The molecule has 2 amide bonds. The van der Waals surface area contributed by atoms with Crippen molar-refractivity contribution in [2.45, 2.75) is 123 Å². The van der Waals surface area contributed by atoms with Crippen LogP contribution in [0.1, 0.15) is 114 Å². The Morgan fingerprint density at radius 3 is 1.39 bits per heavy atom. The van der Waals surface area contributed by atoms with Crippen molar-refractivity contribution in [2.75, 3.05) is 45.0 Å². The second-order valence-corrected chi connectivity index (χ2v) is 26.2. The summed E-state index contributed by atoms with van der Waals surface area (Å²) < 4.78 is 60.5. The first kappa shape index (κ1) is 73.2. The lowest BCUT2D eigenvalue weighted by molar-refractivity contribution is -0.131. The van der Waals surface area contributed by atoms with E-state index in [1.165, 1.54) is 102 Å². The molecule has 0 radical (unpaired) electrons. The van der Waals surface area contributed by atoms with Crippen molar-refractivity contribution in [3.8, 4) is 0 Å². The van der Waals surface area contributed by atoms with Crippen LogP contribution in [0.4, 0.5) is 28.2 Å². The summed E-state index contributed by atoms with van der Waals surface area (Å²) in [5, 5.41) is 11.8. The molecule has 2 aromatic heterocycles. The van der Waals surface area contributed by atoms with E-state index in [1.54, 1.807) is 67.5 Å². The minimum Gasteiger partial charge on any atom is -0.444 e. The minimum absolute atomic E-state index is 0.0272. The fourth-order valence-electron chi connectivity index (χ4n) is 10.1. The molecule has 10 rings (SSSR count). The molecule has 13 nitrogen and oxygen atoms in total. The Labute approximate surface area is 548 Å². The minimum atomic E-state index is -0.460. The number of nitrogens with two attached hydrogens (primary N) is 1. The van der Waals surface area contributed by atoms with Gasteiger partial charge in [0.2, 0.25) is 5.91 Å². The highest BCUT2D eigenvalue weighted by Gasteiger charge is 2.28. The van der Waals surface area contributed by atoms with Crippen LogP contribution in [0, 0.1) is 44.6 Å². The Hall–Kier alpha value is -5.51. The van der Waals surface area contributed by atoms with Crippen molar-refractivity contribution in [3.05, 3.63) is 199 Å². The van der Waals surface area contributed by atoms with Gasteiger partial charge in [-0.1, -0.05) is 83.2 Å². The number of carbonyl (C=O) groups is 2. The number of nitrogen functional groups attached to an aromatic ring is 1. The molecule has 1 aliphatic carbocycles. The van der Waals surface area contributed by atoms with Gasteiger partial charge in [-0.25, -0.2) is 31.7 Å². The van der Waals surface area contributed by atoms with Crippen molar-refractivity contribution in [1.29, 1.82) is 0 Å². The highest BCUT2D eigenvalue weighted by molar-refractivity contribution is 14.1. The lowest BCUT2D eigenvalue weighted by atomic mass is 9.90. The maximum absolute atomic E-state index is 13.2. The number of hydrogen-bond donors (Lipinski definition) is 2. The quantitative estimate of drug-likeness (QED) is 0.0655. The summed E-state index contributed by atoms with van der Waals surface area (Å²) in [6.45, 7) is 14.5. The number of ether oxygens (including phenoxy) is 1. The van der Waals surface area contributed by atoms with Crippen LogP contribution < -0.4 is 22.2 Å². The van der Waals surface area contributed by atoms with Gasteiger partial charge in [-0.15, -0.1) is 0 Å². The number of likely N-dealkylation sites (tertiary alicyclic amines) is 2. The number of halogens is 9. The van der Waals surface area contributed by atoms with E-state index >= 15 is 0 Å². The molecular weight excluding hydrogens is 1330 g/mol. The van der Waals surface area contributed by atoms with Gasteiger partial charge in [-0.2, -0.15) is 10.2 Å². The Morgan fingerprint density at radius 1 is 0.602 bits per heavy atom. The van der Waals surface area contributed by atoms with Crippen LogP contribution in [0.25, 0.3) is 0 Å². The standard InChI is InChI=1S/C19H21ClFN3O2.C17H23ClFNO2.C12H15ClFN.C7H12.C6H3ClFI.C5H7N3O/c1-23-18(25)5-3-15(22-23)12-19(26)24-8-6-13(7-9-24)10-14-2-4-17(21)16(20)11-14;1-17(2,3)22-16(21)20-8-6-12(7-9-20)10-13-4-5-15(19)14(18)11-13;13-11-8-10(1-2-12(11)14)7-9-3-5-15-6-4-9;1-7-5-3-2-4-6-7;7-5-3-4(9)1-2-6(5)8;1-8-5(9)3-2-4(6)7-8/h2-5,11,13H,6-10,12H2,1H3;4-5,11-12H,6-10H2,1-3H3;1-2,8-9,15H,3-7H2;1-6H2;1-3H;2-3H,1H3,(H2,6,7). The normalized spacial score (nSPS) is 15.5. The molecule has 0 unspecified atom stereocenters. The van der Waals surface area contributed by atoms with Crippen LogP contribution in [-0.4, -0.2) is 86.2 Å². The van der Waals surface area contributed by atoms with Gasteiger partial charge in [0, 0.05) is 56.0 Å². The van der Waals surface area contributed by atoms with Crippen LogP contribution in [0.2, 0.25) is 20.1 Å². The summed E-state index contributed by atoms with van der Waals surface area (Å²) >= 11 is 24.9. The molecule has 0 spiro atoms. The molecule has 0 bridgehead atoms. The SMILES string of the molecule is C=C1CCCCC1.CC(C)(C)OC(=O)N1CCC(Cc2ccc(F)c(Cl)c2)CC1.Cn1nc(CC(=O)N2CCC(Cc3ccc(F)c(Cl)c3)CC2)ccc1=O.Cn1nc(N)ccc1=O.Fc1ccc(CC2CCNCC2)cc1Cl.Fc1ccc(I)cc1Cl. The Bertz CT molecular complexity index is 3340. The molecule has 5 heterocycles. The zero-order valence-electron chi connectivity index (χ0n) is 50.7. The largest absolute Gasteiger partial charge is 0.444 e. The van der Waals surface area contributed by atoms with Gasteiger partial charge >= 0.3 is 6.09 Å². The zero-order chi connectivity index (χ0) is 64.5. The van der Waals surface area contributed by atoms with Crippen molar-refractivity contribution >= 4 is 86.8 Å². The summed E-state index contributed by atoms with van der Waals surface area (Å²) in [5.41, 5.74) is 9.73. The first-order valence-electron chi connectivity index (χ1n) is 29.6. The Kier molecular flexibility index (Phi) is 30.8. The zero-order valence-corrected chi connectivity index (χ0v) is 55.9. The van der Waals surface area contributed by atoms with Crippen LogP contribution in [0.15, 0.2) is 119 Å². The number of carbonyl (C=O) groups excluding carboxylic acids is 2. The smallest absolute Gasteiger partial charge is 0.410 e. The van der Waals surface area contributed by atoms with Crippen LogP contribution in [0.3, 0.4) is 0 Å². The van der Waals surface area contributed by atoms with Gasteiger partial charge in [-0.3, -0.25) is 14.4 Å².